The van der Waals surface area contributed by atoms with Crippen molar-refractivity contribution in [3.05, 3.63) is 0 Å². The van der Waals surface area contributed by atoms with E-state index in [2.05, 4.69) is 0 Å². The predicted octanol–water partition coefficient (Wildman–Crippen LogP) is 1.18. The van der Waals surface area contributed by atoms with Crippen LogP contribution in [0, 0.1) is 5.92 Å². The Morgan fingerprint density at radius 3 is 2.27 bits per heavy atom. The van der Waals surface area contributed by atoms with E-state index in [0.29, 0.717) is 13.0 Å². The Kier molecular flexibility index (Phi) is 5.14. The quantitative estimate of drug-likeness (QED) is 0.679. The molecule has 0 fully saturated rings. The highest BCUT2D eigenvalue weighted by Crippen LogP contribution is 2.51. The molecule has 0 aromatic heterocycles. The maximum Gasteiger partial charge on any atom is 0.338 e. The number of Topliss-reactive ketones (excluding diaryl/α,β-unsaturated/α-hetero) is 1. The first-order valence-electron chi connectivity index (χ1n) is 4.73. The Morgan fingerprint density at radius 1 is 1.47 bits per heavy atom. The molecule has 0 spiro atoms. The Balaban J connectivity index is 4.63. The first-order valence-corrected chi connectivity index (χ1v) is 6.34. The lowest BCUT2D eigenvalue weighted by atomic mass is 9.94. The molecule has 0 amide bonds. The van der Waals surface area contributed by atoms with Crippen LogP contribution in [0.4, 0.5) is 0 Å². The molecule has 0 aliphatic rings. The van der Waals surface area contributed by atoms with Crippen molar-refractivity contribution in [2.75, 3.05) is 13.7 Å². The Labute approximate surface area is 90.0 Å². The summed E-state index contributed by atoms with van der Waals surface area (Å²) in [6, 6.07) is 0. The molecule has 0 bridgehead atoms. The first-order chi connectivity index (χ1) is 6.64. The van der Waals surface area contributed by atoms with Crippen LogP contribution in [0.15, 0.2) is 0 Å². The van der Waals surface area contributed by atoms with Crippen LogP contribution in [0.5, 0.6) is 0 Å². The lowest BCUT2D eigenvalue weighted by molar-refractivity contribution is -0.125. The van der Waals surface area contributed by atoms with Crippen LogP contribution in [-0.2, 0) is 14.1 Å². The number of carbonyl (C=O) groups excluding carboxylic acids is 1. The summed E-state index contributed by atoms with van der Waals surface area (Å²) < 4.78 is 15.9. The SMILES string of the molecule is COCCC(C)C(=O)C(C)(C)P(=O)(O)O. The van der Waals surface area contributed by atoms with Crippen molar-refractivity contribution >= 4 is 13.4 Å². The minimum Gasteiger partial charge on any atom is -0.385 e. The van der Waals surface area contributed by atoms with Gasteiger partial charge in [-0.3, -0.25) is 9.36 Å². The van der Waals surface area contributed by atoms with Crippen molar-refractivity contribution < 1.29 is 23.9 Å². The van der Waals surface area contributed by atoms with Gasteiger partial charge in [0.05, 0.1) is 0 Å². The zero-order valence-corrected chi connectivity index (χ0v) is 10.5. The maximum absolute atomic E-state index is 11.8. The van der Waals surface area contributed by atoms with Crippen LogP contribution in [0.3, 0.4) is 0 Å². The number of hydrogen-bond acceptors (Lipinski definition) is 3. The molecule has 0 aliphatic carbocycles. The van der Waals surface area contributed by atoms with Crippen LogP contribution in [0.25, 0.3) is 0 Å². The first kappa shape index (κ1) is 14.8. The summed E-state index contributed by atoms with van der Waals surface area (Å²) in [5, 5.41) is -1.61. The van der Waals surface area contributed by atoms with Gasteiger partial charge in [0.1, 0.15) is 5.16 Å². The molecule has 6 heteroatoms. The number of ether oxygens (including phenoxy) is 1. The van der Waals surface area contributed by atoms with Gasteiger partial charge in [0.2, 0.25) is 0 Å². The summed E-state index contributed by atoms with van der Waals surface area (Å²) in [4.78, 5) is 29.9. The van der Waals surface area contributed by atoms with Gasteiger partial charge in [-0.05, 0) is 20.3 Å². The van der Waals surface area contributed by atoms with E-state index in [1.165, 1.54) is 21.0 Å². The van der Waals surface area contributed by atoms with Gasteiger partial charge in [-0.15, -0.1) is 0 Å². The zero-order chi connectivity index (χ0) is 12.3. The van der Waals surface area contributed by atoms with E-state index in [1.807, 2.05) is 0 Å². The smallest absolute Gasteiger partial charge is 0.338 e. The zero-order valence-electron chi connectivity index (χ0n) is 9.56. The van der Waals surface area contributed by atoms with Gasteiger partial charge < -0.3 is 14.5 Å². The second-order valence-corrected chi connectivity index (χ2v) is 6.36. The van der Waals surface area contributed by atoms with Crippen molar-refractivity contribution in [2.24, 2.45) is 5.92 Å². The summed E-state index contributed by atoms with van der Waals surface area (Å²) in [6.07, 6.45) is 0.471. The summed E-state index contributed by atoms with van der Waals surface area (Å²) in [5.74, 6) is -0.833. The Hall–Kier alpha value is -0.220. The fourth-order valence-corrected chi connectivity index (χ4v) is 1.68. The summed E-state index contributed by atoms with van der Waals surface area (Å²) in [5.41, 5.74) is 0. The molecule has 0 radical (unpaired) electrons. The van der Waals surface area contributed by atoms with Crippen molar-refractivity contribution in [3.8, 4) is 0 Å². The van der Waals surface area contributed by atoms with Crippen molar-refractivity contribution in [3.63, 3.8) is 0 Å². The second-order valence-electron chi connectivity index (χ2n) is 4.15. The fourth-order valence-electron chi connectivity index (χ4n) is 1.17. The number of rotatable bonds is 6. The van der Waals surface area contributed by atoms with Gasteiger partial charge in [0.15, 0.2) is 5.78 Å². The highest BCUT2D eigenvalue weighted by atomic mass is 31.2. The third-order valence-corrected chi connectivity index (χ3v) is 4.21. The van der Waals surface area contributed by atoms with E-state index < -0.39 is 24.5 Å². The monoisotopic (exact) mass is 238 g/mol. The van der Waals surface area contributed by atoms with Gasteiger partial charge >= 0.3 is 7.60 Å². The van der Waals surface area contributed by atoms with Gasteiger partial charge in [0, 0.05) is 19.6 Å². The lowest BCUT2D eigenvalue weighted by Crippen LogP contribution is -2.36. The van der Waals surface area contributed by atoms with Crippen molar-refractivity contribution in [2.45, 2.75) is 32.3 Å². The average molecular weight is 238 g/mol. The standard InChI is InChI=1S/C9H19O5P/c1-7(5-6-14-4)8(10)9(2,3)15(11,12)13/h7H,5-6H2,1-4H3,(H2,11,12,13). The van der Waals surface area contributed by atoms with E-state index in [-0.39, 0.29) is 0 Å². The molecular formula is C9H19O5P. The van der Waals surface area contributed by atoms with E-state index in [9.17, 15) is 9.36 Å². The van der Waals surface area contributed by atoms with Crippen LogP contribution in [0.2, 0.25) is 0 Å². The lowest BCUT2D eigenvalue weighted by Gasteiger charge is -2.27. The van der Waals surface area contributed by atoms with E-state index in [0.717, 1.165) is 0 Å². The minimum atomic E-state index is -4.40. The van der Waals surface area contributed by atoms with E-state index in [4.69, 9.17) is 14.5 Å². The molecule has 0 saturated carbocycles. The predicted molar refractivity (Wildman–Crippen MR) is 56.8 cm³/mol. The molecule has 0 aromatic carbocycles. The van der Waals surface area contributed by atoms with Gasteiger partial charge in [0.25, 0.3) is 0 Å². The highest BCUT2D eigenvalue weighted by Gasteiger charge is 2.45. The van der Waals surface area contributed by atoms with Gasteiger partial charge in [-0.2, -0.15) is 0 Å². The van der Waals surface area contributed by atoms with Crippen LogP contribution < -0.4 is 0 Å². The molecule has 5 nitrogen and oxygen atoms in total. The van der Waals surface area contributed by atoms with Gasteiger partial charge in [-0.1, -0.05) is 6.92 Å². The topological polar surface area (TPSA) is 83.8 Å². The molecule has 1 unspecified atom stereocenters. The normalized spacial score (nSPS) is 15.1. The van der Waals surface area contributed by atoms with Crippen LogP contribution in [0.1, 0.15) is 27.2 Å². The van der Waals surface area contributed by atoms with Crippen molar-refractivity contribution in [1.82, 2.24) is 0 Å². The molecule has 0 saturated heterocycles. The molecule has 90 valence electrons. The van der Waals surface area contributed by atoms with Gasteiger partial charge in [-0.25, -0.2) is 0 Å². The molecule has 1 atom stereocenters. The Bertz CT molecular complexity index is 268. The van der Waals surface area contributed by atoms with E-state index in [1.54, 1.807) is 6.92 Å². The van der Waals surface area contributed by atoms with Crippen molar-refractivity contribution in [1.29, 1.82) is 0 Å². The summed E-state index contributed by atoms with van der Waals surface area (Å²) >= 11 is 0. The number of methoxy groups -OCH3 is 1. The largest absolute Gasteiger partial charge is 0.385 e. The summed E-state index contributed by atoms with van der Waals surface area (Å²) in [7, 11) is -2.88. The summed E-state index contributed by atoms with van der Waals surface area (Å²) in [6.45, 7) is 4.61. The molecular weight excluding hydrogens is 219 g/mol. The van der Waals surface area contributed by atoms with E-state index >= 15 is 0 Å². The third kappa shape index (κ3) is 3.68. The highest BCUT2D eigenvalue weighted by molar-refractivity contribution is 7.54. The fraction of sp³-hybridized carbons (Fsp3) is 0.889. The Morgan fingerprint density at radius 2 is 1.93 bits per heavy atom. The molecule has 15 heavy (non-hydrogen) atoms. The number of hydrogen-bond donors (Lipinski definition) is 2. The maximum atomic E-state index is 11.8. The van der Waals surface area contributed by atoms with Crippen LogP contribution >= 0.6 is 7.60 Å². The minimum absolute atomic E-state index is 0.407. The average Bonchev–Trinajstić information content (AvgIpc) is 2.10. The second kappa shape index (κ2) is 5.21. The molecule has 0 rings (SSSR count). The molecule has 2 N–H and O–H groups in total. The van der Waals surface area contributed by atoms with Crippen LogP contribution in [-0.4, -0.2) is 34.4 Å². The molecule has 0 heterocycles. The number of ketones is 1. The number of carbonyl (C=O) groups is 1. The molecule has 0 aromatic rings. The third-order valence-electron chi connectivity index (χ3n) is 2.53. The molecule has 0 aliphatic heterocycles.